The van der Waals surface area contributed by atoms with Crippen molar-refractivity contribution in [2.24, 2.45) is 0 Å². The van der Waals surface area contributed by atoms with Gasteiger partial charge in [-0.05, 0) is 17.7 Å². The number of halogens is 1. The van der Waals surface area contributed by atoms with E-state index >= 15 is 0 Å². The van der Waals surface area contributed by atoms with Gasteiger partial charge < -0.3 is 15.0 Å². The molecule has 1 atom stereocenters. The van der Waals surface area contributed by atoms with Crippen molar-refractivity contribution in [2.75, 3.05) is 38.2 Å². The smallest absolute Gasteiger partial charge is 0.317 e. The molecule has 1 aromatic carbocycles. The molecule has 1 unspecified atom stereocenters. The Bertz CT molecular complexity index is 435. The zero-order chi connectivity index (χ0) is 14.4. The highest BCUT2D eigenvalue weighted by Gasteiger charge is 2.18. The molecule has 1 heterocycles. The van der Waals surface area contributed by atoms with Crippen LogP contribution in [0.2, 0.25) is 0 Å². The summed E-state index contributed by atoms with van der Waals surface area (Å²) in [5.41, 5.74) is 0.850. The second-order valence-corrected chi connectivity index (χ2v) is 5.79. The van der Waals surface area contributed by atoms with Crippen LogP contribution in [0.4, 0.5) is 9.18 Å². The summed E-state index contributed by atoms with van der Waals surface area (Å²) in [6, 6.07) is 6.07. The van der Waals surface area contributed by atoms with Crippen molar-refractivity contribution < 1.29 is 13.9 Å². The summed E-state index contributed by atoms with van der Waals surface area (Å²) in [7, 11) is 1.58. The molecular weight excluding hydrogens is 279 g/mol. The Morgan fingerprint density at radius 1 is 1.40 bits per heavy atom. The zero-order valence-electron chi connectivity index (χ0n) is 11.5. The number of nitrogens with zero attached hydrogens (tertiary/aromatic N) is 1. The second-order valence-electron chi connectivity index (χ2n) is 4.56. The Morgan fingerprint density at radius 3 is 2.65 bits per heavy atom. The summed E-state index contributed by atoms with van der Waals surface area (Å²) in [4.78, 5) is 13.8. The van der Waals surface area contributed by atoms with Crippen LogP contribution in [0, 0.1) is 5.82 Å². The largest absolute Gasteiger partial charge is 0.375 e. The van der Waals surface area contributed by atoms with Crippen molar-refractivity contribution in [2.45, 2.75) is 6.10 Å². The van der Waals surface area contributed by atoms with Gasteiger partial charge in [-0.2, -0.15) is 11.8 Å². The van der Waals surface area contributed by atoms with Crippen LogP contribution in [-0.2, 0) is 4.74 Å². The third-order valence-electron chi connectivity index (χ3n) is 3.26. The summed E-state index contributed by atoms with van der Waals surface area (Å²) >= 11 is 1.86. The molecule has 20 heavy (non-hydrogen) atoms. The van der Waals surface area contributed by atoms with Gasteiger partial charge in [-0.25, -0.2) is 9.18 Å². The van der Waals surface area contributed by atoms with Crippen molar-refractivity contribution in [3.63, 3.8) is 0 Å². The fourth-order valence-corrected chi connectivity index (χ4v) is 2.98. The summed E-state index contributed by atoms with van der Waals surface area (Å²) in [6.45, 7) is 1.94. The lowest BCUT2D eigenvalue weighted by atomic mass is 10.1. The van der Waals surface area contributed by atoms with E-state index in [-0.39, 0.29) is 18.0 Å². The van der Waals surface area contributed by atoms with Crippen LogP contribution < -0.4 is 5.32 Å². The Kier molecular flexibility index (Phi) is 5.67. The number of hydrogen-bond acceptors (Lipinski definition) is 3. The Labute approximate surface area is 122 Å². The number of amides is 2. The number of carbonyl (C=O) groups is 1. The number of urea groups is 1. The standard InChI is InChI=1S/C14H19FN2O2S/c1-19-13(11-2-4-12(15)5-3-11)10-16-14(18)17-6-8-20-9-7-17/h2-5,13H,6-10H2,1H3,(H,16,18). The molecule has 6 heteroatoms. The van der Waals surface area contributed by atoms with Gasteiger partial charge in [-0.1, -0.05) is 12.1 Å². The fraction of sp³-hybridized carbons (Fsp3) is 0.500. The average Bonchev–Trinajstić information content (AvgIpc) is 2.50. The van der Waals surface area contributed by atoms with Crippen molar-refractivity contribution in [3.05, 3.63) is 35.6 Å². The number of hydrogen-bond donors (Lipinski definition) is 1. The predicted molar refractivity (Wildman–Crippen MR) is 78.4 cm³/mol. The van der Waals surface area contributed by atoms with Gasteiger partial charge in [-0.3, -0.25) is 0 Å². The van der Waals surface area contributed by atoms with Gasteiger partial charge in [0, 0.05) is 38.2 Å². The summed E-state index contributed by atoms with van der Waals surface area (Å²) < 4.78 is 18.2. The van der Waals surface area contributed by atoms with E-state index in [9.17, 15) is 9.18 Å². The molecule has 0 aliphatic carbocycles. The third kappa shape index (κ3) is 4.11. The predicted octanol–water partition coefficient (Wildman–Crippen LogP) is 2.27. The maximum Gasteiger partial charge on any atom is 0.317 e. The molecule has 1 aliphatic heterocycles. The van der Waals surface area contributed by atoms with E-state index in [1.165, 1.54) is 12.1 Å². The van der Waals surface area contributed by atoms with E-state index in [0.717, 1.165) is 30.2 Å². The molecule has 0 saturated carbocycles. The monoisotopic (exact) mass is 298 g/mol. The lowest BCUT2D eigenvalue weighted by Gasteiger charge is -2.27. The Balaban J connectivity index is 1.86. The van der Waals surface area contributed by atoms with Crippen LogP contribution in [0.15, 0.2) is 24.3 Å². The van der Waals surface area contributed by atoms with Crippen LogP contribution in [0.25, 0.3) is 0 Å². The van der Waals surface area contributed by atoms with Gasteiger partial charge in [-0.15, -0.1) is 0 Å². The highest BCUT2D eigenvalue weighted by Crippen LogP contribution is 2.16. The molecular formula is C14H19FN2O2S. The number of rotatable bonds is 4. The van der Waals surface area contributed by atoms with E-state index in [2.05, 4.69) is 5.32 Å². The fourth-order valence-electron chi connectivity index (χ4n) is 2.07. The number of carbonyl (C=O) groups excluding carboxylic acids is 1. The number of nitrogens with one attached hydrogen (secondary N) is 1. The first-order valence-corrected chi connectivity index (χ1v) is 7.75. The first-order valence-electron chi connectivity index (χ1n) is 6.59. The topological polar surface area (TPSA) is 41.6 Å². The van der Waals surface area contributed by atoms with Crippen LogP contribution >= 0.6 is 11.8 Å². The summed E-state index contributed by atoms with van der Waals surface area (Å²) in [5.74, 6) is 1.69. The van der Waals surface area contributed by atoms with Gasteiger partial charge in [0.1, 0.15) is 5.82 Å². The number of benzene rings is 1. The molecule has 0 radical (unpaired) electrons. The molecule has 0 bridgehead atoms. The Morgan fingerprint density at radius 2 is 2.05 bits per heavy atom. The van der Waals surface area contributed by atoms with Gasteiger partial charge in [0.25, 0.3) is 0 Å². The van der Waals surface area contributed by atoms with Gasteiger partial charge in [0.05, 0.1) is 6.10 Å². The minimum atomic E-state index is -0.279. The number of ether oxygens (including phenoxy) is 1. The Hall–Kier alpha value is -1.27. The minimum Gasteiger partial charge on any atom is -0.375 e. The summed E-state index contributed by atoms with van der Waals surface area (Å²) in [6.07, 6.45) is -0.265. The number of methoxy groups -OCH3 is 1. The SMILES string of the molecule is COC(CNC(=O)N1CCSCC1)c1ccc(F)cc1. The van der Waals surface area contributed by atoms with Crippen molar-refractivity contribution in [1.82, 2.24) is 10.2 Å². The van der Waals surface area contributed by atoms with E-state index in [1.807, 2.05) is 16.7 Å². The molecule has 1 N–H and O–H groups in total. The van der Waals surface area contributed by atoms with Crippen molar-refractivity contribution in [1.29, 1.82) is 0 Å². The van der Waals surface area contributed by atoms with Crippen LogP contribution in [0.3, 0.4) is 0 Å². The molecule has 110 valence electrons. The van der Waals surface area contributed by atoms with Crippen molar-refractivity contribution >= 4 is 17.8 Å². The average molecular weight is 298 g/mol. The maximum absolute atomic E-state index is 12.9. The molecule has 0 spiro atoms. The molecule has 4 nitrogen and oxygen atoms in total. The molecule has 1 aliphatic rings. The van der Waals surface area contributed by atoms with Crippen LogP contribution in [0.5, 0.6) is 0 Å². The maximum atomic E-state index is 12.9. The highest BCUT2D eigenvalue weighted by atomic mass is 32.2. The molecule has 1 saturated heterocycles. The van der Waals surface area contributed by atoms with E-state index in [1.54, 1.807) is 19.2 Å². The molecule has 2 amide bonds. The van der Waals surface area contributed by atoms with Gasteiger partial charge >= 0.3 is 6.03 Å². The van der Waals surface area contributed by atoms with E-state index in [4.69, 9.17) is 4.74 Å². The lowest BCUT2D eigenvalue weighted by molar-refractivity contribution is 0.101. The minimum absolute atomic E-state index is 0.0607. The highest BCUT2D eigenvalue weighted by molar-refractivity contribution is 7.99. The second kappa shape index (κ2) is 7.50. The third-order valence-corrected chi connectivity index (χ3v) is 4.21. The van der Waals surface area contributed by atoms with E-state index in [0.29, 0.717) is 6.54 Å². The zero-order valence-corrected chi connectivity index (χ0v) is 12.3. The van der Waals surface area contributed by atoms with Crippen LogP contribution in [-0.4, -0.2) is 49.2 Å². The quantitative estimate of drug-likeness (QED) is 0.927. The lowest BCUT2D eigenvalue weighted by Crippen LogP contribution is -2.45. The first kappa shape index (κ1) is 15.1. The normalized spacial score (nSPS) is 16.8. The molecule has 1 aromatic rings. The number of thioether (sulfide) groups is 1. The molecule has 2 rings (SSSR count). The van der Waals surface area contributed by atoms with Crippen molar-refractivity contribution in [3.8, 4) is 0 Å². The van der Waals surface area contributed by atoms with Gasteiger partial charge in [0.2, 0.25) is 0 Å². The first-order chi connectivity index (χ1) is 9.70. The van der Waals surface area contributed by atoms with Crippen LogP contribution in [0.1, 0.15) is 11.7 Å². The summed E-state index contributed by atoms with van der Waals surface area (Å²) in [5, 5.41) is 2.88. The van der Waals surface area contributed by atoms with Gasteiger partial charge in [0.15, 0.2) is 0 Å². The molecule has 0 aromatic heterocycles. The van der Waals surface area contributed by atoms with E-state index < -0.39 is 0 Å². The molecule has 1 fully saturated rings.